The number of nitrogens with zero attached hydrogens (tertiary/aromatic N) is 2. The lowest BCUT2D eigenvalue weighted by Gasteiger charge is -2.16. The molecule has 0 spiro atoms. The number of fused-ring (bicyclic) bond motifs is 9. The first kappa shape index (κ1) is 33.1. The molecule has 0 bridgehead atoms. The van der Waals surface area contributed by atoms with Crippen molar-refractivity contribution in [1.82, 2.24) is 9.38 Å². The quantitative estimate of drug-likeness (QED) is 0.165. The van der Waals surface area contributed by atoms with Gasteiger partial charge in [-0.1, -0.05) is 145 Å². The zero-order valence-electron chi connectivity index (χ0n) is 32.0. The first-order valence-electron chi connectivity index (χ1n) is 19.6. The van der Waals surface area contributed by atoms with Gasteiger partial charge in [-0.05, 0) is 101 Å². The van der Waals surface area contributed by atoms with Crippen molar-refractivity contribution >= 4 is 49.3 Å². The molecule has 0 amide bonds. The minimum absolute atomic E-state index is 0.906. The molecule has 11 rings (SSSR count). The predicted molar refractivity (Wildman–Crippen MR) is 239 cm³/mol. The normalized spacial score (nSPS) is 11.8. The molecule has 11 aromatic rings. The minimum Gasteiger partial charge on any atom is -0.455 e. The van der Waals surface area contributed by atoms with Gasteiger partial charge in [-0.15, -0.1) is 0 Å². The average molecular weight is 731 g/mol. The third kappa shape index (κ3) is 5.31. The van der Waals surface area contributed by atoms with Crippen molar-refractivity contribution < 1.29 is 4.42 Å². The molecule has 0 radical (unpaired) electrons. The molecule has 3 heterocycles. The van der Waals surface area contributed by atoms with Gasteiger partial charge in [0, 0.05) is 38.2 Å². The van der Waals surface area contributed by atoms with Crippen LogP contribution in [0.4, 0.5) is 0 Å². The molecule has 0 aliphatic carbocycles. The van der Waals surface area contributed by atoms with Gasteiger partial charge in [-0.3, -0.25) is 4.40 Å². The summed E-state index contributed by atoms with van der Waals surface area (Å²) in [6.45, 7) is 6.63. The number of aromatic nitrogens is 2. The second-order valence-corrected chi connectivity index (χ2v) is 15.3. The van der Waals surface area contributed by atoms with Gasteiger partial charge in [0.1, 0.15) is 16.8 Å². The van der Waals surface area contributed by atoms with Crippen LogP contribution in [0.5, 0.6) is 0 Å². The van der Waals surface area contributed by atoms with E-state index in [0.717, 1.165) is 83.3 Å². The summed E-state index contributed by atoms with van der Waals surface area (Å²) in [5.74, 6) is 0. The Bertz CT molecular complexity index is 3350. The fraction of sp³-hybridized carbons (Fsp3) is 0.0556. The Labute approximate surface area is 331 Å². The second-order valence-electron chi connectivity index (χ2n) is 15.3. The Morgan fingerprint density at radius 1 is 0.439 bits per heavy atom. The average Bonchev–Trinajstić information content (AvgIpc) is 3.84. The van der Waals surface area contributed by atoms with Crippen LogP contribution in [0.1, 0.15) is 16.7 Å². The van der Waals surface area contributed by atoms with E-state index in [-0.39, 0.29) is 0 Å². The van der Waals surface area contributed by atoms with E-state index in [4.69, 9.17) is 9.40 Å². The van der Waals surface area contributed by atoms with Crippen LogP contribution in [-0.2, 0) is 0 Å². The number of aryl methyl sites for hydroxylation is 3. The third-order valence-electron chi connectivity index (χ3n) is 11.6. The van der Waals surface area contributed by atoms with Gasteiger partial charge < -0.3 is 4.42 Å². The Morgan fingerprint density at radius 2 is 1.07 bits per heavy atom. The first-order chi connectivity index (χ1) is 28.0. The first-order valence-corrected chi connectivity index (χ1v) is 19.6. The summed E-state index contributed by atoms with van der Waals surface area (Å²) in [5.41, 5.74) is 19.0. The Hall–Kier alpha value is -7.23. The van der Waals surface area contributed by atoms with E-state index in [9.17, 15) is 0 Å². The molecule has 3 aromatic heterocycles. The molecular formula is C54H38N2O. The smallest absolute Gasteiger partial charge is 0.146 e. The van der Waals surface area contributed by atoms with Crippen LogP contribution in [0.15, 0.2) is 180 Å². The van der Waals surface area contributed by atoms with Crippen molar-refractivity contribution in [3.05, 3.63) is 193 Å². The molecule has 270 valence electrons. The molecule has 0 aliphatic rings. The summed E-state index contributed by atoms with van der Waals surface area (Å²) in [7, 11) is 0. The number of hydrogen-bond acceptors (Lipinski definition) is 2. The van der Waals surface area contributed by atoms with Gasteiger partial charge in [0.05, 0.1) is 16.9 Å². The Morgan fingerprint density at radius 3 is 1.88 bits per heavy atom. The highest BCUT2D eigenvalue weighted by atomic mass is 16.3. The summed E-state index contributed by atoms with van der Waals surface area (Å²) >= 11 is 0. The van der Waals surface area contributed by atoms with Gasteiger partial charge in [-0.2, -0.15) is 0 Å². The molecule has 0 N–H and O–H groups in total. The van der Waals surface area contributed by atoms with Gasteiger partial charge in [0.25, 0.3) is 0 Å². The Kier molecular flexibility index (Phi) is 7.52. The Balaban J connectivity index is 1.19. The van der Waals surface area contributed by atoms with Crippen LogP contribution in [-0.4, -0.2) is 9.38 Å². The SMILES string of the molecule is Cc1cc(C)c(-c2ccc3c(c2)c2cc(-c4cccc(-c5cccc6c5oc5ccccc56)c4)ccc2n2c(-c4ccccc4)c(-c4ccccc4)nc32)c(C)c1. The van der Waals surface area contributed by atoms with Gasteiger partial charge in [0.2, 0.25) is 0 Å². The van der Waals surface area contributed by atoms with Crippen LogP contribution in [0.2, 0.25) is 0 Å². The lowest BCUT2D eigenvalue weighted by molar-refractivity contribution is 0.670. The number of hydrogen-bond donors (Lipinski definition) is 0. The molecule has 0 unspecified atom stereocenters. The fourth-order valence-electron chi connectivity index (χ4n) is 9.22. The molecule has 0 fully saturated rings. The van der Waals surface area contributed by atoms with Gasteiger partial charge >= 0.3 is 0 Å². The summed E-state index contributed by atoms with van der Waals surface area (Å²) in [6.07, 6.45) is 0. The van der Waals surface area contributed by atoms with E-state index in [1.807, 2.05) is 12.1 Å². The van der Waals surface area contributed by atoms with E-state index < -0.39 is 0 Å². The maximum atomic E-state index is 6.47. The largest absolute Gasteiger partial charge is 0.455 e. The predicted octanol–water partition coefficient (Wildman–Crippen LogP) is 14.8. The van der Waals surface area contributed by atoms with E-state index in [2.05, 4.69) is 189 Å². The van der Waals surface area contributed by atoms with Crippen molar-refractivity contribution in [3.8, 4) is 55.9 Å². The number of para-hydroxylation sites is 2. The van der Waals surface area contributed by atoms with Crippen LogP contribution in [0.25, 0.3) is 105 Å². The summed E-state index contributed by atoms with van der Waals surface area (Å²) < 4.78 is 8.86. The van der Waals surface area contributed by atoms with E-state index in [1.165, 1.54) is 38.6 Å². The molecule has 0 atom stereocenters. The van der Waals surface area contributed by atoms with Crippen LogP contribution >= 0.6 is 0 Å². The molecule has 57 heavy (non-hydrogen) atoms. The number of imidazole rings is 1. The molecular weight excluding hydrogens is 693 g/mol. The van der Waals surface area contributed by atoms with E-state index >= 15 is 0 Å². The number of furan rings is 1. The summed E-state index contributed by atoms with van der Waals surface area (Å²) in [4.78, 5) is 5.51. The van der Waals surface area contributed by atoms with Crippen molar-refractivity contribution in [2.75, 3.05) is 0 Å². The van der Waals surface area contributed by atoms with Crippen molar-refractivity contribution in [2.24, 2.45) is 0 Å². The van der Waals surface area contributed by atoms with Gasteiger partial charge in [-0.25, -0.2) is 4.98 Å². The number of benzene rings is 8. The summed E-state index contributed by atoms with van der Waals surface area (Å²) in [6, 6.07) is 63.4. The van der Waals surface area contributed by atoms with Crippen LogP contribution < -0.4 is 0 Å². The fourth-order valence-corrected chi connectivity index (χ4v) is 9.22. The van der Waals surface area contributed by atoms with Crippen molar-refractivity contribution in [1.29, 1.82) is 0 Å². The molecule has 3 nitrogen and oxygen atoms in total. The zero-order chi connectivity index (χ0) is 38.2. The highest BCUT2D eigenvalue weighted by Gasteiger charge is 2.22. The number of pyridine rings is 1. The molecule has 0 aliphatic heterocycles. The molecule has 8 aromatic carbocycles. The highest BCUT2D eigenvalue weighted by Crippen LogP contribution is 2.43. The van der Waals surface area contributed by atoms with Crippen LogP contribution in [0, 0.1) is 20.8 Å². The third-order valence-corrected chi connectivity index (χ3v) is 11.6. The maximum Gasteiger partial charge on any atom is 0.146 e. The van der Waals surface area contributed by atoms with E-state index in [0.29, 0.717) is 0 Å². The minimum atomic E-state index is 0.906. The molecule has 0 saturated carbocycles. The van der Waals surface area contributed by atoms with E-state index in [1.54, 1.807) is 0 Å². The van der Waals surface area contributed by atoms with Gasteiger partial charge in [0.15, 0.2) is 0 Å². The lowest BCUT2D eigenvalue weighted by atomic mass is 9.91. The van der Waals surface area contributed by atoms with Crippen molar-refractivity contribution in [2.45, 2.75) is 20.8 Å². The standard InChI is InChI=1S/C54H38N2O/c1-33-28-34(2)50(35(3)29-33)41-24-26-45-46(32-41)47-31-39(38-18-12-19-40(30-38)42-21-13-22-44-43-20-10-11-23-49(43)57-53(42)44)25-27-48(47)56-52(37-16-8-5-9-17-37)51(55-54(45)56)36-14-6-4-7-15-36/h4-32H,1-3H3. The molecule has 3 heteroatoms. The van der Waals surface area contributed by atoms with Crippen molar-refractivity contribution in [3.63, 3.8) is 0 Å². The second kappa shape index (κ2) is 12.9. The zero-order valence-corrected chi connectivity index (χ0v) is 32.0. The lowest BCUT2D eigenvalue weighted by Crippen LogP contribution is -1.96. The maximum absolute atomic E-state index is 6.47. The summed E-state index contributed by atoms with van der Waals surface area (Å²) in [5, 5.41) is 5.75. The highest BCUT2D eigenvalue weighted by molar-refractivity contribution is 6.15. The molecule has 0 saturated heterocycles. The van der Waals surface area contributed by atoms with Crippen LogP contribution in [0.3, 0.4) is 0 Å². The number of rotatable bonds is 5. The monoisotopic (exact) mass is 730 g/mol. The topological polar surface area (TPSA) is 30.4 Å².